The Morgan fingerprint density at radius 3 is 2.56 bits per heavy atom. The van der Waals surface area contributed by atoms with E-state index in [9.17, 15) is 9.59 Å². The molecule has 3 aromatic rings. The van der Waals surface area contributed by atoms with Crippen LogP contribution in [0.1, 0.15) is 5.56 Å². The van der Waals surface area contributed by atoms with E-state index in [1.54, 1.807) is 24.3 Å². The van der Waals surface area contributed by atoms with Crippen LogP contribution >= 0.6 is 0 Å². The molecule has 1 heterocycles. The predicted octanol–water partition coefficient (Wildman–Crippen LogP) is 3.04. The summed E-state index contributed by atoms with van der Waals surface area (Å²) in [5.74, 6) is -0.133. The van der Waals surface area contributed by atoms with Crippen molar-refractivity contribution in [3.8, 4) is 5.75 Å². The van der Waals surface area contributed by atoms with Crippen LogP contribution in [0, 0.1) is 0 Å². The number of methoxy groups -OCH3 is 1. The van der Waals surface area contributed by atoms with Crippen molar-refractivity contribution in [2.24, 2.45) is 0 Å². The van der Waals surface area contributed by atoms with Gasteiger partial charge < -0.3 is 19.8 Å². The van der Waals surface area contributed by atoms with Gasteiger partial charge in [-0.2, -0.15) is 0 Å². The maximum atomic E-state index is 12.1. The molecule has 0 radical (unpaired) electrons. The molecule has 6 nitrogen and oxygen atoms in total. The van der Waals surface area contributed by atoms with Gasteiger partial charge in [0.05, 0.1) is 7.11 Å². The van der Waals surface area contributed by atoms with Gasteiger partial charge >= 0.3 is 12.1 Å². The van der Waals surface area contributed by atoms with Gasteiger partial charge in [-0.1, -0.05) is 36.4 Å². The van der Waals surface area contributed by atoms with Gasteiger partial charge in [-0.15, -0.1) is 0 Å². The highest BCUT2D eigenvalue weighted by Gasteiger charge is 2.24. The van der Waals surface area contributed by atoms with E-state index in [4.69, 9.17) is 9.47 Å². The van der Waals surface area contributed by atoms with Gasteiger partial charge in [0.2, 0.25) is 0 Å². The van der Waals surface area contributed by atoms with Crippen LogP contribution in [0.2, 0.25) is 0 Å². The number of para-hydroxylation sites is 2. The number of benzene rings is 2. The van der Waals surface area contributed by atoms with Crippen molar-refractivity contribution in [1.29, 1.82) is 0 Å². The summed E-state index contributed by atoms with van der Waals surface area (Å²) in [6, 6.07) is 15.6. The molecule has 0 saturated heterocycles. The van der Waals surface area contributed by atoms with Crippen LogP contribution in [-0.4, -0.2) is 30.2 Å². The number of aromatic nitrogens is 1. The Hall–Kier alpha value is -3.28. The molecule has 0 spiro atoms. The van der Waals surface area contributed by atoms with Crippen LogP contribution in [0.5, 0.6) is 5.75 Å². The van der Waals surface area contributed by atoms with E-state index in [0.717, 1.165) is 16.5 Å². The summed E-state index contributed by atoms with van der Waals surface area (Å²) >= 11 is 0. The van der Waals surface area contributed by atoms with Crippen LogP contribution in [0.25, 0.3) is 10.9 Å². The number of rotatable bonds is 5. The third-order valence-corrected chi connectivity index (χ3v) is 3.83. The van der Waals surface area contributed by atoms with Crippen molar-refractivity contribution in [2.75, 3.05) is 7.11 Å². The SMILES string of the molecule is COC(=O)[C@H](Cc1c[nH]c2ccccc12)NC(=O)Oc1ccccc1. The van der Waals surface area contributed by atoms with E-state index < -0.39 is 18.1 Å². The van der Waals surface area contributed by atoms with Gasteiger partial charge in [0.15, 0.2) is 0 Å². The first-order chi connectivity index (χ1) is 12.2. The van der Waals surface area contributed by atoms with Crippen molar-refractivity contribution >= 4 is 23.0 Å². The average molecular weight is 338 g/mol. The van der Waals surface area contributed by atoms with E-state index in [1.807, 2.05) is 36.5 Å². The summed E-state index contributed by atoms with van der Waals surface area (Å²) in [5, 5.41) is 3.56. The van der Waals surface area contributed by atoms with Gasteiger partial charge in [-0.3, -0.25) is 0 Å². The molecule has 1 atom stereocenters. The minimum atomic E-state index is -0.847. The Morgan fingerprint density at radius 1 is 1.08 bits per heavy atom. The largest absolute Gasteiger partial charge is 0.467 e. The minimum absolute atomic E-state index is 0.292. The fourth-order valence-corrected chi connectivity index (χ4v) is 2.62. The molecule has 0 aliphatic rings. The van der Waals surface area contributed by atoms with Crippen LogP contribution < -0.4 is 10.1 Å². The first kappa shape index (κ1) is 16.6. The Kier molecular flexibility index (Phi) is 4.99. The lowest BCUT2D eigenvalue weighted by atomic mass is 10.1. The first-order valence-electron chi connectivity index (χ1n) is 7.83. The number of aromatic amines is 1. The van der Waals surface area contributed by atoms with Gasteiger partial charge in [-0.05, 0) is 23.8 Å². The van der Waals surface area contributed by atoms with Crippen LogP contribution in [0.4, 0.5) is 4.79 Å². The molecule has 0 aliphatic heterocycles. The van der Waals surface area contributed by atoms with Crippen LogP contribution in [0.3, 0.4) is 0 Å². The Balaban J connectivity index is 1.73. The molecule has 0 saturated carbocycles. The summed E-state index contributed by atoms with van der Waals surface area (Å²) < 4.78 is 9.99. The molecule has 0 bridgehead atoms. The number of nitrogens with one attached hydrogen (secondary N) is 2. The lowest BCUT2D eigenvalue weighted by Crippen LogP contribution is -2.44. The number of carbonyl (C=O) groups is 2. The fourth-order valence-electron chi connectivity index (χ4n) is 2.62. The van der Waals surface area contributed by atoms with Gasteiger partial charge in [0.25, 0.3) is 0 Å². The molecular weight excluding hydrogens is 320 g/mol. The number of ether oxygens (including phenoxy) is 2. The van der Waals surface area contributed by atoms with E-state index >= 15 is 0 Å². The maximum Gasteiger partial charge on any atom is 0.413 e. The third-order valence-electron chi connectivity index (χ3n) is 3.83. The van der Waals surface area contributed by atoms with Gasteiger partial charge in [0, 0.05) is 23.5 Å². The summed E-state index contributed by atoms with van der Waals surface area (Å²) in [6.45, 7) is 0. The lowest BCUT2D eigenvalue weighted by molar-refractivity contribution is -0.142. The lowest BCUT2D eigenvalue weighted by Gasteiger charge is -2.16. The topological polar surface area (TPSA) is 80.4 Å². The summed E-state index contributed by atoms with van der Waals surface area (Å²) in [6.07, 6.45) is 1.41. The summed E-state index contributed by atoms with van der Waals surface area (Å²) in [7, 11) is 1.29. The Morgan fingerprint density at radius 2 is 1.80 bits per heavy atom. The monoisotopic (exact) mass is 338 g/mol. The smallest absolute Gasteiger partial charge is 0.413 e. The van der Waals surface area contributed by atoms with Crippen LogP contribution in [0.15, 0.2) is 60.8 Å². The molecule has 3 rings (SSSR count). The number of carbonyl (C=O) groups excluding carboxylic acids is 2. The Labute approximate surface area is 144 Å². The highest BCUT2D eigenvalue weighted by molar-refractivity contribution is 5.86. The molecule has 6 heteroatoms. The fraction of sp³-hybridized carbons (Fsp3) is 0.158. The second kappa shape index (κ2) is 7.53. The number of fused-ring (bicyclic) bond motifs is 1. The second-order valence-corrected chi connectivity index (χ2v) is 5.49. The predicted molar refractivity (Wildman–Crippen MR) is 93.4 cm³/mol. The van der Waals surface area contributed by atoms with Crippen molar-refractivity contribution < 1.29 is 19.1 Å². The van der Waals surface area contributed by atoms with E-state index in [2.05, 4.69) is 10.3 Å². The number of hydrogen-bond donors (Lipinski definition) is 2. The molecule has 0 unspecified atom stereocenters. The molecule has 2 aromatic carbocycles. The molecule has 0 aliphatic carbocycles. The molecule has 0 fully saturated rings. The number of H-pyrrole nitrogens is 1. The first-order valence-corrected chi connectivity index (χ1v) is 7.83. The summed E-state index contributed by atoms with van der Waals surface area (Å²) in [5.41, 5.74) is 1.87. The van der Waals surface area contributed by atoms with Crippen molar-refractivity contribution in [3.05, 3.63) is 66.4 Å². The van der Waals surface area contributed by atoms with Crippen molar-refractivity contribution in [2.45, 2.75) is 12.5 Å². The summed E-state index contributed by atoms with van der Waals surface area (Å²) in [4.78, 5) is 27.3. The van der Waals surface area contributed by atoms with E-state index in [-0.39, 0.29) is 0 Å². The number of hydrogen-bond acceptors (Lipinski definition) is 4. The molecule has 128 valence electrons. The second-order valence-electron chi connectivity index (χ2n) is 5.49. The third kappa shape index (κ3) is 3.98. The quantitative estimate of drug-likeness (QED) is 0.701. The average Bonchev–Trinajstić information content (AvgIpc) is 3.04. The highest BCUT2D eigenvalue weighted by atomic mass is 16.6. The molecular formula is C19H18N2O4. The van der Waals surface area contributed by atoms with E-state index in [0.29, 0.717) is 12.2 Å². The molecule has 1 amide bonds. The molecule has 1 aromatic heterocycles. The zero-order chi connectivity index (χ0) is 17.6. The highest BCUT2D eigenvalue weighted by Crippen LogP contribution is 2.19. The standard InChI is InChI=1S/C19H18N2O4/c1-24-18(22)17(21-19(23)25-14-7-3-2-4-8-14)11-13-12-20-16-10-6-5-9-15(13)16/h2-10,12,17,20H,11H2,1H3,(H,21,23)/t17-/m0/s1. The number of amides is 1. The zero-order valence-corrected chi connectivity index (χ0v) is 13.7. The normalized spacial score (nSPS) is 11.7. The maximum absolute atomic E-state index is 12.1. The van der Waals surface area contributed by atoms with Gasteiger partial charge in [0.1, 0.15) is 11.8 Å². The zero-order valence-electron chi connectivity index (χ0n) is 13.7. The van der Waals surface area contributed by atoms with Crippen molar-refractivity contribution in [3.63, 3.8) is 0 Å². The van der Waals surface area contributed by atoms with Crippen molar-refractivity contribution in [1.82, 2.24) is 10.3 Å². The van der Waals surface area contributed by atoms with Crippen LogP contribution in [-0.2, 0) is 16.0 Å². The molecule has 25 heavy (non-hydrogen) atoms. The molecule has 2 N–H and O–H groups in total. The Bertz CT molecular complexity index is 873. The van der Waals surface area contributed by atoms with Gasteiger partial charge in [-0.25, -0.2) is 9.59 Å². The number of esters is 1. The minimum Gasteiger partial charge on any atom is -0.467 e. The van der Waals surface area contributed by atoms with E-state index in [1.165, 1.54) is 7.11 Å².